The monoisotopic (exact) mass is 327 g/mol. The van der Waals surface area contributed by atoms with Crippen LogP contribution in [0.5, 0.6) is 0 Å². The van der Waals surface area contributed by atoms with Gasteiger partial charge in [0.15, 0.2) is 0 Å². The van der Waals surface area contributed by atoms with Crippen LogP contribution in [0.25, 0.3) is 0 Å². The van der Waals surface area contributed by atoms with Crippen molar-refractivity contribution < 1.29 is 9.21 Å². The molecule has 0 unspecified atom stereocenters. The van der Waals surface area contributed by atoms with Gasteiger partial charge in [-0.15, -0.1) is 0 Å². The van der Waals surface area contributed by atoms with Crippen molar-refractivity contribution in [1.29, 1.82) is 0 Å². The first-order valence-electron chi connectivity index (χ1n) is 8.39. The first-order valence-corrected chi connectivity index (χ1v) is 8.39. The second-order valence-corrected chi connectivity index (χ2v) is 6.07. The highest BCUT2D eigenvalue weighted by Gasteiger charge is 2.22. The molecule has 2 aliphatic rings. The predicted octanol–water partition coefficient (Wildman–Crippen LogP) is 1.18. The van der Waals surface area contributed by atoms with Gasteiger partial charge in [0.25, 0.3) is 6.01 Å². The zero-order valence-corrected chi connectivity index (χ0v) is 13.5. The third-order valence-corrected chi connectivity index (χ3v) is 4.45. The molecule has 7 nitrogen and oxygen atoms in total. The number of para-hydroxylation sites is 1. The maximum absolute atomic E-state index is 12.5. The van der Waals surface area contributed by atoms with E-state index in [1.54, 1.807) is 0 Å². The summed E-state index contributed by atoms with van der Waals surface area (Å²) in [5.74, 6) is -0.0211. The SMILES string of the molecule is O=C(NN1CCCc2ccccc21)c1cnc(N2CCNCC2)o1. The minimum atomic E-state index is -0.263. The fourth-order valence-corrected chi connectivity index (χ4v) is 3.20. The summed E-state index contributed by atoms with van der Waals surface area (Å²) < 4.78 is 5.66. The smallest absolute Gasteiger partial charge is 0.307 e. The molecule has 1 aromatic heterocycles. The first kappa shape index (κ1) is 15.0. The highest BCUT2D eigenvalue weighted by molar-refractivity contribution is 5.92. The summed E-state index contributed by atoms with van der Waals surface area (Å²) in [6.07, 6.45) is 3.56. The molecule has 1 amide bonds. The lowest BCUT2D eigenvalue weighted by Gasteiger charge is -2.30. The molecule has 2 aliphatic heterocycles. The van der Waals surface area contributed by atoms with Gasteiger partial charge in [-0.3, -0.25) is 15.2 Å². The van der Waals surface area contributed by atoms with E-state index >= 15 is 0 Å². The Morgan fingerprint density at radius 1 is 1.21 bits per heavy atom. The number of carbonyl (C=O) groups excluding carboxylic acids is 1. The largest absolute Gasteiger partial charge is 0.418 e. The number of nitrogens with one attached hydrogen (secondary N) is 2. The number of fused-ring (bicyclic) bond motifs is 1. The van der Waals surface area contributed by atoms with E-state index in [1.807, 2.05) is 28.1 Å². The van der Waals surface area contributed by atoms with E-state index in [-0.39, 0.29) is 11.7 Å². The first-order chi connectivity index (χ1) is 11.8. The molecule has 24 heavy (non-hydrogen) atoms. The van der Waals surface area contributed by atoms with Crippen molar-refractivity contribution in [2.45, 2.75) is 12.8 Å². The minimum absolute atomic E-state index is 0.242. The van der Waals surface area contributed by atoms with Gasteiger partial charge >= 0.3 is 5.91 Å². The van der Waals surface area contributed by atoms with Gasteiger partial charge in [-0.25, -0.2) is 4.98 Å². The van der Waals surface area contributed by atoms with E-state index in [0.29, 0.717) is 6.01 Å². The summed E-state index contributed by atoms with van der Waals surface area (Å²) in [7, 11) is 0. The molecule has 0 radical (unpaired) electrons. The number of hydrogen-bond acceptors (Lipinski definition) is 6. The summed E-state index contributed by atoms with van der Waals surface area (Å²) in [5, 5.41) is 5.18. The van der Waals surface area contributed by atoms with Crippen molar-refractivity contribution >= 4 is 17.6 Å². The van der Waals surface area contributed by atoms with Crippen LogP contribution in [0, 0.1) is 0 Å². The van der Waals surface area contributed by atoms with Crippen LogP contribution in [0.4, 0.5) is 11.7 Å². The number of oxazole rings is 1. The molecule has 0 spiro atoms. The average Bonchev–Trinajstić information content (AvgIpc) is 3.13. The lowest BCUT2D eigenvalue weighted by molar-refractivity contribution is 0.0921. The van der Waals surface area contributed by atoms with Crippen molar-refractivity contribution in [3.63, 3.8) is 0 Å². The van der Waals surface area contributed by atoms with Crippen LogP contribution in [0.1, 0.15) is 22.5 Å². The van der Waals surface area contributed by atoms with Gasteiger partial charge in [-0.05, 0) is 24.5 Å². The normalized spacial score (nSPS) is 17.5. The molecule has 0 saturated carbocycles. The lowest BCUT2D eigenvalue weighted by atomic mass is 10.0. The zero-order valence-electron chi connectivity index (χ0n) is 13.5. The molecule has 3 heterocycles. The van der Waals surface area contributed by atoms with Crippen LogP contribution in [-0.2, 0) is 6.42 Å². The number of hydrogen-bond donors (Lipinski definition) is 2. The number of anilines is 2. The molecule has 2 N–H and O–H groups in total. The quantitative estimate of drug-likeness (QED) is 0.882. The van der Waals surface area contributed by atoms with E-state index in [2.05, 4.69) is 21.8 Å². The van der Waals surface area contributed by atoms with Gasteiger partial charge in [-0.2, -0.15) is 0 Å². The molecule has 1 saturated heterocycles. The van der Waals surface area contributed by atoms with Gasteiger partial charge in [0, 0.05) is 32.7 Å². The summed E-state index contributed by atoms with van der Waals surface area (Å²) in [6.45, 7) is 4.26. The van der Waals surface area contributed by atoms with Crippen LogP contribution in [-0.4, -0.2) is 43.6 Å². The third-order valence-electron chi connectivity index (χ3n) is 4.45. The number of piperazine rings is 1. The number of benzene rings is 1. The van der Waals surface area contributed by atoms with Crippen LogP contribution in [0.3, 0.4) is 0 Å². The molecule has 1 fully saturated rings. The fraction of sp³-hybridized carbons (Fsp3) is 0.412. The second kappa shape index (κ2) is 6.52. The number of rotatable bonds is 3. The van der Waals surface area contributed by atoms with E-state index in [9.17, 15) is 4.79 Å². The maximum atomic E-state index is 12.5. The summed E-state index contributed by atoms with van der Waals surface area (Å²) >= 11 is 0. The van der Waals surface area contributed by atoms with Crippen LogP contribution in [0.15, 0.2) is 34.9 Å². The van der Waals surface area contributed by atoms with E-state index < -0.39 is 0 Å². The Morgan fingerprint density at radius 3 is 2.92 bits per heavy atom. The molecule has 126 valence electrons. The van der Waals surface area contributed by atoms with Crippen molar-refractivity contribution in [1.82, 2.24) is 15.7 Å². The average molecular weight is 327 g/mol. The van der Waals surface area contributed by atoms with Gasteiger partial charge in [0.1, 0.15) is 0 Å². The molecule has 4 rings (SSSR count). The molecule has 2 aromatic rings. The van der Waals surface area contributed by atoms with E-state index in [1.165, 1.54) is 11.8 Å². The highest BCUT2D eigenvalue weighted by Crippen LogP contribution is 2.25. The summed E-state index contributed by atoms with van der Waals surface area (Å²) in [4.78, 5) is 18.8. The van der Waals surface area contributed by atoms with Gasteiger partial charge in [-0.1, -0.05) is 18.2 Å². The van der Waals surface area contributed by atoms with Crippen LogP contribution < -0.4 is 20.7 Å². The van der Waals surface area contributed by atoms with Gasteiger partial charge in [0.2, 0.25) is 5.76 Å². The topological polar surface area (TPSA) is 73.6 Å². The Labute approximate surface area is 140 Å². The summed E-state index contributed by atoms with van der Waals surface area (Å²) in [5.41, 5.74) is 5.24. The maximum Gasteiger partial charge on any atom is 0.307 e. The molecule has 1 aromatic carbocycles. The van der Waals surface area contributed by atoms with Crippen molar-refractivity contribution in [2.24, 2.45) is 0 Å². The molecular formula is C17H21N5O2. The van der Waals surface area contributed by atoms with Crippen molar-refractivity contribution in [3.05, 3.63) is 41.8 Å². The number of aromatic nitrogens is 1. The Morgan fingerprint density at radius 2 is 2.04 bits per heavy atom. The second-order valence-electron chi connectivity index (χ2n) is 6.07. The number of nitrogens with zero attached hydrogens (tertiary/aromatic N) is 3. The van der Waals surface area contributed by atoms with Crippen molar-refractivity contribution in [2.75, 3.05) is 42.6 Å². The Balaban J connectivity index is 1.46. The molecule has 0 atom stereocenters. The standard InChI is InChI=1S/C17H21N5O2/c23-16(15-12-19-17(24-15)21-10-7-18-8-11-21)20-22-9-3-5-13-4-1-2-6-14(13)22/h1-2,4,6,12,18H,3,5,7-11H2,(H,20,23). The number of aryl methyl sites for hydroxylation is 1. The van der Waals surface area contributed by atoms with Crippen LogP contribution in [0.2, 0.25) is 0 Å². The number of carbonyl (C=O) groups is 1. The molecule has 0 aliphatic carbocycles. The predicted molar refractivity (Wildman–Crippen MR) is 91.2 cm³/mol. The van der Waals surface area contributed by atoms with Gasteiger partial charge in [0.05, 0.1) is 11.9 Å². The number of amides is 1. The zero-order chi connectivity index (χ0) is 16.4. The Bertz CT molecular complexity index is 723. The Kier molecular flexibility index (Phi) is 4.08. The molecule has 7 heteroatoms. The van der Waals surface area contributed by atoms with Gasteiger partial charge < -0.3 is 14.6 Å². The lowest BCUT2D eigenvalue weighted by Crippen LogP contribution is -2.45. The minimum Gasteiger partial charge on any atom is -0.418 e. The molecule has 0 bridgehead atoms. The number of hydrazine groups is 1. The molecular weight excluding hydrogens is 306 g/mol. The van der Waals surface area contributed by atoms with Crippen molar-refractivity contribution in [3.8, 4) is 0 Å². The van der Waals surface area contributed by atoms with E-state index in [4.69, 9.17) is 4.42 Å². The van der Waals surface area contributed by atoms with E-state index in [0.717, 1.165) is 51.3 Å². The third kappa shape index (κ3) is 2.94. The Hall–Kier alpha value is -2.54. The highest BCUT2D eigenvalue weighted by atomic mass is 16.4. The summed E-state index contributed by atoms with van der Waals surface area (Å²) in [6, 6.07) is 8.66. The van der Waals surface area contributed by atoms with Crippen LogP contribution >= 0.6 is 0 Å². The fourth-order valence-electron chi connectivity index (χ4n) is 3.20.